The molecule has 2 rings (SSSR count). The van der Waals surface area contributed by atoms with E-state index in [9.17, 15) is 4.79 Å². The van der Waals surface area contributed by atoms with Crippen LogP contribution in [0.5, 0.6) is 0 Å². The first kappa shape index (κ1) is 11.6. The Hall–Kier alpha value is -1.91. The van der Waals surface area contributed by atoms with Crippen molar-refractivity contribution in [2.75, 3.05) is 13.2 Å². The molecule has 0 N–H and O–H groups in total. The number of nitrogens with zero attached hydrogens (tertiary/aromatic N) is 2. The van der Waals surface area contributed by atoms with Crippen LogP contribution in [0.2, 0.25) is 0 Å². The highest BCUT2D eigenvalue weighted by Crippen LogP contribution is 2.25. The van der Waals surface area contributed by atoms with Crippen molar-refractivity contribution in [3.05, 3.63) is 23.7 Å². The second kappa shape index (κ2) is 4.95. The molecule has 5 nitrogen and oxygen atoms in total. The van der Waals surface area contributed by atoms with Crippen molar-refractivity contribution < 1.29 is 14.3 Å². The van der Waals surface area contributed by atoms with Crippen molar-refractivity contribution in [3.8, 4) is 0 Å². The molecule has 1 unspecified atom stereocenters. The van der Waals surface area contributed by atoms with Crippen LogP contribution in [0.1, 0.15) is 13.8 Å². The number of carbonyl (C=O) groups is 1. The van der Waals surface area contributed by atoms with E-state index >= 15 is 0 Å². The molecule has 0 bridgehead atoms. The number of fused-ring (bicyclic) bond motifs is 1. The van der Waals surface area contributed by atoms with Crippen LogP contribution >= 0.6 is 0 Å². The second-order valence-electron chi connectivity index (χ2n) is 3.52. The van der Waals surface area contributed by atoms with Gasteiger partial charge in [-0.2, -0.15) is 0 Å². The zero-order valence-electron chi connectivity index (χ0n) is 9.84. The molecule has 17 heavy (non-hydrogen) atoms. The van der Waals surface area contributed by atoms with Crippen molar-refractivity contribution in [2.45, 2.75) is 13.8 Å². The summed E-state index contributed by atoms with van der Waals surface area (Å²) in [5, 5.41) is 0. The fourth-order valence-corrected chi connectivity index (χ4v) is 1.71. The Morgan fingerprint density at radius 3 is 2.65 bits per heavy atom. The van der Waals surface area contributed by atoms with E-state index in [1.54, 1.807) is 12.2 Å². The minimum absolute atomic E-state index is 0.223. The first-order valence-corrected chi connectivity index (χ1v) is 5.59. The number of hydrogen-bond acceptors (Lipinski definition) is 4. The summed E-state index contributed by atoms with van der Waals surface area (Å²) >= 11 is 0. The molecule has 1 aliphatic carbocycles. The van der Waals surface area contributed by atoms with Crippen LogP contribution in [-0.2, 0) is 14.3 Å². The van der Waals surface area contributed by atoms with Crippen LogP contribution in [-0.4, -0.2) is 31.2 Å². The first-order chi connectivity index (χ1) is 8.26. The Morgan fingerprint density at radius 2 is 1.94 bits per heavy atom. The SMILES string of the molecule is CCOC1=CC2=NC=NC(=O)C2C=C1OCC. The van der Waals surface area contributed by atoms with Gasteiger partial charge in [0.25, 0.3) is 5.91 Å². The van der Waals surface area contributed by atoms with Crippen LogP contribution in [0, 0.1) is 5.92 Å². The fourth-order valence-electron chi connectivity index (χ4n) is 1.71. The number of amides is 1. The molecule has 0 aromatic rings. The van der Waals surface area contributed by atoms with Crippen LogP contribution < -0.4 is 0 Å². The fraction of sp³-hybridized carbons (Fsp3) is 0.417. The largest absolute Gasteiger partial charge is 0.490 e. The van der Waals surface area contributed by atoms with Gasteiger partial charge in [0.1, 0.15) is 12.3 Å². The third kappa shape index (κ3) is 2.27. The average molecular weight is 234 g/mol. The lowest BCUT2D eigenvalue weighted by molar-refractivity contribution is -0.118. The Labute approximate surface area is 99.5 Å². The molecule has 2 aliphatic rings. The molecule has 0 spiro atoms. The van der Waals surface area contributed by atoms with Crippen molar-refractivity contribution in [2.24, 2.45) is 15.9 Å². The van der Waals surface area contributed by atoms with E-state index in [0.29, 0.717) is 30.4 Å². The number of hydrogen-bond donors (Lipinski definition) is 0. The molecule has 5 heteroatoms. The summed E-state index contributed by atoms with van der Waals surface area (Å²) in [6, 6.07) is 0. The van der Waals surface area contributed by atoms with E-state index in [1.165, 1.54) is 6.34 Å². The zero-order valence-corrected chi connectivity index (χ0v) is 9.84. The van der Waals surface area contributed by atoms with Gasteiger partial charge in [0.2, 0.25) is 0 Å². The molecule has 1 atom stereocenters. The molecule has 0 saturated heterocycles. The van der Waals surface area contributed by atoms with Crippen molar-refractivity contribution in [3.63, 3.8) is 0 Å². The van der Waals surface area contributed by atoms with E-state index in [4.69, 9.17) is 9.47 Å². The van der Waals surface area contributed by atoms with Gasteiger partial charge < -0.3 is 9.47 Å². The van der Waals surface area contributed by atoms with Gasteiger partial charge in [-0.15, -0.1) is 0 Å². The third-order valence-electron chi connectivity index (χ3n) is 2.42. The Balaban J connectivity index is 2.32. The average Bonchev–Trinajstić information content (AvgIpc) is 2.32. The Bertz CT molecular complexity index is 447. The quantitative estimate of drug-likeness (QED) is 0.740. The molecule has 1 aliphatic heterocycles. The van der Waals surface area contributed by atoms with Gasteiger partial charge in [0.15, 0.2) is 11.5 Å². The summed E-state index contributed by atoms with van der Waals surface area (Å²) in [5.74, 6) is 0.543. The number of ether oxygens (including phenoxy) is 2. The van der Waals surface area contributed by atoms with Crippen molar-refractivity contribution in [1.29, 1.82) is 0 Å². The molecular weight excluding hydrogens is 220 g/mol. The topological polar surface area (TPSA) is 60.2 Å². The van der Waals surface area contributed by atoms with Gasteiger partial charge in [0.05, 0.1) is 18.9 Å². The maximum absolute atomic E-state index is 11.6. The lowest BCUT2D eigenvalue weighted by Gasteiger charge is -2.22. The van der Waals surface area contributed by atoms with Gasteiger partial charge in [-0.25, -0.2) is 9.98 Å². The maximum Gasteiger partial charge on any atom is 0.260 e. The van der Waals surface area contributed by atoms with Gasteiger partial charge in [-0.1, -0.05) is 0 Å². The molecule has 1 amide bonds. The zero-order chi connectivity index (χ0) is 12.3. The number of allylic oxidation sites excluding steroid dienone is 1. The minimum atomic E-state index is -0.439. The highest BCUT2D eigenvalue weighted by Gasteiger charge is 2.29. The maximum atomic E-state index is 11.6. The predicted molar refractivity (Wildman–Crippen MR) is 63.8 cm³/mol. The molecule has 0 radical (unpaired) electrons. The minimum Gasteiger partial charge on any atom is -0.490 e. The lowest BCUT2D eigenvalue weighted by atomic mass is 9.95. The van der Waals surface area contributed by atoms with E-state index in [2.05, 4.69) is 9.98 Å². The molecule has 90 valence electrons. The number of aliphatic imine (C=N–C) groups is 2. The van der Waals surface area contributed by atoms with Crippen molar-refractivity contribution in [1.82, 2.24) is 0 Å². The smallest absolute Gasteiger partial charge is 0.260 e. The number of carbonyl (C=O) groups excluding carboxylic acids is 1. The first-order valence-electron chi connectivity index (χ1n) is 5.59. The highest BCUT2D eigenvalue weighted by molar-refractivity contribution is 6.18. The monoisotopic (exact) mass is 234 g/mol. The Kier molecular flexibility index (Phi) is 3.37. The Morgan fingerprint density at radius 1 is 1.24 bits per heavy atom. The molecular formula is C12H14N2O3. The van der Waals surface area contributed by atoms with Gasteiger partial charge in [-0.05, 0) is 19.9 Å². The summed E-state index contributed by atoms with van der Waals surface area (Å²) in [6.07, 6.45) is 4.72. The van der Waals surface area contributed by atoms with Gasteiger partial charge in [-0.3, -0.25) is 4.79 Å². The predicted octanol–water partition coefficient (Wildman–Crippen LogP) is 1.47. The molecule has 1 heterocycles. The summed E-state index contributed by atoms with van der Waals surface area (Å²) < 4.78 is 10.9. The van der Waals surface area contributed by atoms with Crippen LogP contribution in [0.25, 0.3) is 0 Å². The lowest BCUT2D eigenvalue weighted by Crippen LogP contribution is -2.27. The van der Waals surface area contributed by atoms with Crippen LogP contribution in [0.15, 0.2) is 33.7 Å². The summed E-state index contributed by atoms with van der Waals surface area (Å²) in [5.41, 5.74) is 0.650. The number of rotatable bonds is 4. The summed E-state index contributed by atoms with van der Waals surface area (Å²) in [4.78, 5) is 19.3. The molecule has 0 fully saturated rings. The molecule has 0 aromatic carbocycles. The second-order valence-corrected chi connectivity index (χ2v) is 3.52. The molecule has 0 saturated carbocycles. The highest BCUT2D eigenvalue weighted by atomic mass is 16.5. The van der Waals surface area contributed by atoms with E-state index in [0.717, 1.165) is 0 Å². The third-order valence-corrected chi connectivity index (χ3v) is 2.42. The van der Waals surface area contributed by atoms with E-state index < -0.39 is 5.92 Å². The van der Waals surface area contributed by atoms with Gasteiger partial charge in [0, 0.05) is 6.08 Å². The normalized spacial score (nSPS) is 22.4. The van der Waals surface area contributed by atoms with E-state index in [1.807, 2.05) is 13.8 Å². The summed E-state index contributed by atoms with van der Waals surface area (Å²) in [6.45, 7) is 4.84. The van der Waals surface area contributed by atoms with Crippen LogP contribution in [0.4, 0.5) is 0 Å². The van der Waals surface area contributed by atoms with Gasteiger partial charge >= 0.3 is 0 Å². The van der Waals surface area contributed by atoms with E-state index in [-0.39, 0.29) is 5.91 Å². The summed E-state index contributed by atoms with van der Waals surface area (Å²) in [7, 11) is 0. The van der Waals surface area contributed by atoms with Crippen LogP contribution in [0.3, 0.4) is 0 Å². The van der Waals surface area contributed by atoms with Crippen molar-refractivity contribution >= 4 is 18.0 Å². The molecule has 0 aromatic heterocycles. The standard InChI is InChI=1S/C12H14N2O3/c1-3-16-10-5-8-9(6-11(10)17-4-2)13-7-14-12(8)15/h5-8H,3-4H2,1-2H3.